The van der Waals surface area contributed by atoms with E-state index in [-0.39, 0.29) is 36.0 Å². The summed E-state index contributed by atoms with van der Waals surface area (Å²) >= 11 is 0. The second kappa shape index (κ2) is 10.8. The summed E-state index contributed by atoms with van der Waals surface area (Å²) in [4.78, 5) is 50.5. The minimum Gasteiger partial charge on any atom is -0.468 e. The van der Waals surface area contributed by atoms with E-state index in [0.29, 0.717) is 35.5 Å². The van der Waals surface area contributed by atoms with Gasteiger partial charge in [-0.15, -0.1) is 0 Å². The smallest absolute Gasteiger partial charge is 0.336 e. The topological polar surface area (TPSA) is 134 Å². The van der Waals surface area contributed by atoms with Crippen LogP contribution in [0.15, 0.2) is 40.7 Å². The Hall–Kier alpha value is -3.53. The fourth-order valence-electron chi connectivity index (χ4n) is 4.70. The van der Waals surface area contributed by atoms with Crippen LogP contribution in [0.1, 0.15) is 44.2 Å². The van der Waals surface area contributed by atoms with Crippen molar-refractivity contribution in [2.75, 3.05) is 26.9 Å². The summed E-state index contributed by atoms with van der Waals surface area (Å²) in [7, 11) is 1.22. The molecule has 1 aromatic carbocycles. The molecule has 1 aromatic rings. The molecule has 1 aliphatic carbocycles. The largest absolute Gasteiger partial charge is 0.468 e. The van der Waals surface area contributed by atoms with Gasteiger partial charge in [0.05, 0.1) is 24.2 Å². The lowest BCUT2D eigenvalue weighted by atomic mass is 9.69. The molecule has 188 valence electrons. The summed E-state index contributed by atoms with van der Waals surface area (Å²) < 4.78 is 15.5. The Morgan fingerprint density at radius 3 is 2.57 bits per heavy atom. The van der Waals surface area contributed by atoms with Gasteiger partial charge in [-0.05, 0) is 38.7 Å². The van der Waals surface area contributed by atoms with Crippen molar-refractivity contribution in [1.82, 2.24) is 5.32 Å². The summed E-state index contributed by atoms with van der Waals surface area (Å²) in [5.41, 5.74) is 2.14. The third-order valence-corrected chi connectivity index (χ3v) is 6.39. The Kier molecular flexibility index (Phi) is 8.06. The number of nitro groups is 1. The Morgan fingerprint density at radius 1 is 1.23 bits per heavy atom. The van der Waals surface area contributed by atoms with E-state index in [4.69, 9.17) is 14.2 Å². The van der Waals surface area contributed by atoms with Crippen LogP contribution in [-0.2, 0) is 28.6 Å². The summed E-state index contributed by atoms with van der Waals surface area (Å²) in [6.07, 6.45) is 0.370. The van der Waals surface area contributed by atoms with Crippen molar-refractivity contribution in [3.05, 3.63) is 62.0 Å². The summed E-state index contributed by atoms with van der Waals surface area (Å²) in [6, 6.07) is 4.61. The van der Waals surface area contributed by atoms with Crippen molar-refractivity contribution >= 4 is 23.4 Å². The molecule has 1 N–H and O–H groups in total. The van der Waals surface area contributed by atoms with Crippen LogP contribution < -0.4 is 5.32 Å². The molecule has 3 atom stereocenters. The number of ketones is 1. The van der Waals surface area contributed by atoms with Crippen molar-refractivity contribution in [3.8, 4) is 0 Å². The third-order valence-electron chi connectivity index (χ3n) is 6.39. The fraction of sp³-hybridized carbons (Fsp3) is 0.480. The highest BCUT2D eigenvalue weighted by atomic mass is 16.6. The molecule has 0 saturated carbocycles. The second-order valence-corrected chi connectivity index (χ2v) is 8.67. The van der Waals surface area contributed by atoms with Crippen LogP contribution in [0.3, 0.4) is 0 Å². The maximum atomic E-state index is 13.7. The van der Waals surface area contributed by atoms with Crippen molar-refractivity contribution in [3.63, 3.8) is 0 Å². The number of hydrogen-bond donors (Lipinski definition) is 1. The maximum absolute atomic E-state index is 13.7. The number of benzene rings is 1. The van der Waals surface area contributed by atoms with E-state index in [2.05, 4.69) is 5.32 Å². The lowest BCUT2D eigenvalue weighted by Crippen LogP contribution is -2.43. The first kappa shape index (κ1) is 26.1. The van der Waals surface area contributed by atoms with Crippen LogP contribution in [0.2, 0.25) is 0 Å². The zero-order chi connectivity index (χ0) is 25.9. The summed E-state index contributed by atoms with van der Waals surface area (Å²) in [6.45, 7) is 7.59. The van der Waals surface area contributed by atoms with Gasteiger partial charge in [-0.25, -0.2) is 4.79 Å². The second-order valence-electron chi connectivity index (χ2n) is 8.67. The number of methoxy groups -OCH3 is 1. The van der Waals surface area contributed by atoms with Crippen molar-refractivity contribution in [2.24, 2.45) is 11.8 Å². The summed E-state index contributed by atoms with van der Waals surface area (Å²) in [5, 5.41) is 14.8. The average Bonchev–Trinajstić information content (AvgIpc) is 2.80. The van der Waals surface area contributed by atoms with Crippen molar-refractivity contribution < 1.29 is 33.5 Å². The average molecular weight is 487 g/mol. The number of esters is 2. The quantitative estimate of drug-likeness (QED) is 0.193. The van der Waals surface area contributed by atoms with Gasteiger partial charge < -0.3 is 19.5 Å². The van der Waals surface area contributed by atoms with Gasteiger partial charge in [0.25, 0.3) is 5.69 Å². The predicted octanol–water partition coefficient (Wildman–Crippen LogP) is 3.10. The standard InChI is InChI=1S/C25H30N2O8/c1-6-34-9-10-35-25(30)20-15(4)26-17-11-14(3)19(24(29)33-5)23(28)22(17)21(20)16-8-7-13(2)18(12-16)27(31)32/h7-8,12,14,19,21,26H,6,9-11H2,1-5H3/t14-,19+,21-/m1/s1. The summed E-state index contributed by atoms with van der Waals surface area (Å²) in [5.74, 6) is -4.13. The monoisotopic (exact) mass is 486 g/mol. The van der Waals surface area contributed by atoms with Gasteiger partial charge in [0.15, 0.2) is 5.78 Å². The Balaban J connectivity index is 2.15. The minimum absolute atomic E-state index is 0.00584. The number of hydrogen-bond acceptors (Lipinski definition) is 9. The predicted molar refractivity (Wildman–Crippen MR) is 125 cm³/mol. The van der Waals surface area contributed by atoms with Gasteiger partial charge >= 0.3 is 11.9 Å². The Bertz CT molecular complexity index is 1120. The number of rotatable bonds is 8. The molecule has 1 aliphatic heterocycles. The van der Waals surface area contributed by atoms with Gasteiger partial charge in [0, 0.05) is 41.1 Å². The van der Waals surface area contributed by atoms with Crippen LogP contribution in [-0.4, -0.2) is 49.6 Å². The molecule has 0 fully saturated rings. The Labute approximate surface area is 203 Å². The van der Waals surface area contributed by atoms with E-state index in [1.165, 1.54) is 13.2 Å². The zero-order valence-electron chi connectivity index (χ0n) is 20.5. The zero-order valence-corrected chi connectivity index (χ0v) is 20.5. The van der Waals surface area contributed by atoms with Gasteiger partial charge in [-0.3, -0.25) is 19.7 Å². The van der Waals surface area contributed by atoms with Crippen LogP contribution in [0, 0.1) is 28.9 Å². The molecule has 10 nitrogen and oxygen atoms in total. The number of aryl methyl sites for hydroxylation is 1. The number of nitrogens with zero attached hydrogens (tertiary/aromatic N) is 1. The number of Topliss-reactive ketones (excluding diaryl/α,β-unsaturated/α-hetero) is 1. The molecule has 35 heavy (non-hydrogen) atoms. The van der Waals surface area contributed by atoms with E-state index in [1.807, 2.05) is 6.92 Å². The van der Waals surface area contributed by atoms with E-state index in [0.717, 1.165) is 0 Å². The number of nitrogens with one attached hydrogen (secondary N) is 1. The molecule has 1 heterocycles. The maximum Gasteiger partial charge on any atom is 0.336 e. The first-order chi connectivity index (χ1) is 16.6. The molecule has 0 bridgehead atoms. The lowest BCUT2D eigenvalue weighted by molar-refractivity contribution is -0.385. The highest BCUT2D eigenvalue weighted by molar-refractivity contribution is 6.12. The SMILES string of the molecule is CCOCCOC(=O)C1=C(C)NC2=C(C(=O)[C@@H](C(=O)OC)[C@H](C)C2)[C@@H]1c1ccc(C)c([N+](=O)[O-])c1. The molecular formula is C25H30N2O8. The molecule has 0 aromatic heterocycles. The first-order valence-corrected chi connectivity index (χ1v) is 11.4. The molecule has 2 aliphatic rings. The van der Waals surface area contributed by atoms with Crippen molar-refractivity contribution in [1.29, 1.82) is 0 Å². The highest BCUT2D eigenvalue weighted by Crippen LogP contribution is 2.46. The van der Waals surface area contributed by atoms with Crippen LogP contribution >= 0.6 is 0 Å². The number of carbonyl (C=O) groups excluding carboxylic acids is 3. The molecule has 0 saturated heterocycles. The van der Waals surface area contributed by atoms with Crippen LogP contribution in [0.25, 0.3) is 0 Å². The molecule has 0 radical (unpaired) electrons. The molecule has 0 amide bonds. The van der Waals surface area contributed by atoms with Crippen molar-refractivity contribution in [2.45, 2.75) is 40.0 Å². The van der Waals surface area contributed by atoms with E-state index in [1.54, 1.807) is 32.9 Å². The lowest BCUT2D eigenvalue weighted by Gasteiger charge is -2.38. The first-order valence-electron chi connectivity index (χ1n) is 11.4. The number of allylic oxidation sites excluding steroid dienone is 3. The van der Waals surface area contributed by atoms with Gasteiger partial charge in [0.2, 0.25) is 0 Å². The molecule has 0 unspecified atom stereocenters. The number of dihydropyridines is 1. The highest BCUT2D eigenvalue weighted by Gasteiger charge is 2.47. The van der Waals surface area contributed by atoms with Gasteiger partial charge in [-0.2, -0.15) is 0 Å². The van der Waals surface area contributed by atoms with E-state index in [9.17, 15) is 24.5 Å². The molecule has 0 spiro atoms. The number of carbonyl (C=O) groups is 3. The Morgan fingerprint density at radius 2 is 1.94 bits per heavy atom. The molecule has 10 heteroatoms. The fourth-order valence-corrected chi connectivity index (χ4v) is 4.70. The van der Waals surface area contributed by atoms with Gasteiger partial charge in [-0.1, -0.05) is 19.1 Å². The normalized spacial score (nSPS) is 21.9. The number of ether oxygens (including phenoxy) is 3. The molecule has 3 rings (SSSR count). The third kappa shape index (κ3) is 5.12. The van der Waals surface area contributed by atoms with E-state index >= 15 is 0 Å². The number of nitro benzene ring substituents is 1. The van der Waals surface area contributed by atoms with Crippen LogP contribution in [0.4, 0.5) is 5.69 Å². The minimum atomic E-state index is -1.04. The molecular weight excluding hydrogens is 456 g/mol. The van der Waals surface area contributed by atoms with Gasteiger partial charge in [0.1, 0.15) is 12.5 Å². The van der Waals surface area contributed by atoms with Crippen LogP contribution in [0.5, 0.6) is 0 Å². The van der Waals surface area contributed by atoms with E-state index < -0.39 is 34.5 Å².